The Morgan fingerprint density at radius 3 is 2.00 bits per heavy atom. The normalized spacial score (nSPS) is 16.9. The second-order valence-corrected chi connectivity index (χ2v) is 14.2. The standard InChI is InChI=1S/C31H33N5O5S2/c1-23-14-16-27(17-15-23)36-24(2)20-26(25(36)3)21-32-33-31(37)30-22-34(42(38,39)28-10-6-4-7-11-28)18-19-35(30)43(40,41)29-12-8-5-9-13-29/h4-17,20-21,30H,18-19,22H2,1-3H3,(H,33,37)/b32-21-/t30-/m0/s1. The molecule has 224 valence electrons. The van der Waals surface area contributed by atoms with Gasteiger partial charge in [-0.05, 0) is 63.2 Å². The number of piperazine rings is 1. The van der Waals surface area contributed by atoms with E-state index in [1.165, 1.54) is 30.5 Å². The number of nitrogens with one attached hydrogen (secondary N) is 1. The van der Waals surface area contributed by atoms with Gasteiger partial charge in [-0.25, -0.2) is 22.3 Å². The predicted octanol–water partition coefficient (Wildman–Crippen LogP) is 3.62. The molecule has 1 aromatic heterocycles. The maximum atomic E-state index is 13.6. The Morgan fingerprint density at radius 2 is 1.40 bits per heavy atom. The van der Waals surface area contributed by atoms with Crippen LogP contribution in [0.1, 0.15) is 22.5 Å². The Morgan fingerprint density at radius 1 is 0.814 bits per heavy atom. The lowest BCUT2D eigenvalue weighted by molar-refractivity contribution is -0.125. The van der Waals surface area contributed by atoms with Crippen LogP contribution in [0.4, 0.5) is 0 Å². The summed E-state index contributed by atoms with van der Waals surface area (Å²) in [5, 5.41) is 4.15. The number of aromatic nitrogens is 1. The first-order valence-electron chi connectivity index (χ1n) is 13.7. The first-order valence-corrected chi connectivity index (χ1v) is 16.6. The minimum atomic E-state index is -4.11. The second kappa shape index (κ2) is 12.3. The fraction of sp³-hybridized carbons (Fsp3) is 0.226. The van der Waals surface area contributed by atoms with E-state index in [-0.39, 0.29) is 29.4 Å². The van der Waals surface area contributed by atoms with Crippen molar-refractivity contribution in [1.82, 2.24) is 18.6 Å². The number of carbonyl (C=O) groups excluding carboxylic acids is 1. The van der Waals surface area contributed by atoms with Crippen molar-refractivity contribution in [3.63, 3.8) is 0 Å². The molecule has 43 heavy (non-hydrogen) atoms. The number of benzene rings is 3. The monoisotopic (exact) mass is 619 g/mol. The van der Waals surface area contributed by atoms with E-state index in [9.17, 15) is 21.6 Å². The minimum Gasteiger partial charge on any atom is -0.318 e. The zero-order valence-corrected chi connectivity index (χ0v) is 25.7. The van der Waals surface area contributed by atoms with Gasteiger partial charge in [-0.1, -0.05) is 54.1 Å². The molecule has 0 radical (unpaired) electrons. The highest BCUT2D eigenvalue weighted by Crippen LogP contribution is 2.26. The van der Waals surface area contributed by atoms with E-state index in [2.05, 4.69) is 15.1 Å². The van der Waals surface area contributed by atoms with Crippen LogP contribution < -0.4 is 5.43 Å². The van der Waals surface area contributed by atoms with Crippen molar-refractivity contribution in [1.29, 1.82) is 0 Å². The Balaban J connectivity index is 1.41. The van der Waals surface area contributed by atoms with Gasteiger partial charge in [0, 0.05) is 42.3 Å². The number of carbonyl (C=O) groups is 1. The summed E-state index contributed by atoms with van der Waals surface area (Å²) < 4.78 is 58.2. The summed E-state index contributed by atoms with van der Waals surface area (Å²) in [6.45, 7) is 5.25. The van der Waals surface area contributed by atoms with E-state index in [1.807, 2.05) is 51.1 Å². The van der Waals surface area contributed by atoms with E-state index in [0.717, 1.165) is 36.8 Å². The third-order valence-corrected chi connectivity index (χ3v) is 11.3. The van der Waals surface area contributed by atoms with Gasteiger partial charge in [-0.15, -0.1) is 0 Å². The summed E-state index contributed by atoms with van der Waals surface area (Å²) in [6, 6.07) is 24.3. The van der Waals surface area contributed by atoms with Gasteiger partial charge in [0.15, 0.2) is 0 Å². The quantitative estimate of drug-likeness (QED) is 0.239. The Hall–Kier alpha value is -4.10. The van der Waals surface area contributed by atoms with E-state index in [4.69, 9.17) is 0 Å². The highest BCUT2D eigenvalue weighted by molar-refractivity contribution is 7.89. The van der Waals surface area contributed by atoms with Crippen LogP contribution in [-0.4, -0.2) is 67.8 Å². The van der Waals surface area contributed by atoms with Crippen molar-refractivity contribution in [2.45, 2.75) is 36.6 Å². The number of sulfonamides is 2. The summed E-state index contributed by atoms with van der Waals surface area (Å²) in [4.78, 5) is 13.6. The van der Waals surface area contributed by atoms with Crippen molar-refractivity contribution in [2.24, 2.45) is 5.10 Å². The summed E-state index contributed by atoms with van der Waals surface area (Å²) in [6.07, 6.45) is 1.50. The first kappa shape index (κ1) is 30.4. The van der Waals surface area contributed by atoms with E-state index in [1.54, 1.807) is 36.4 Å². The highest BCUT2D eigenvalue weighted by atomic mass is 32.2. The lowest BCUT2D eigenvalue weighted by Crippen LogP contribution is -2.60. The average molecular weight is 620 g/mol. The molecule has 0 bridgehead atoms. The Bertz CT molecular complexity index is 1850. The molecule has 4 aromatic rings. The summed E-state index contributed by atoms with van der Waals surface area (Å²) in [5.41, 5.74) is 7.26. The summed E-state index contributed by atoms with van der Waals surface area (Å²) in [7, 11) is -8.09. The molecule has 0 saturated carbocycles. The van der Waals surface area contributed by atoms with Gasteiger partial charge in [0.05, 0.1) is 16.0 Å². The molecule has 0 spiro atoms. The largest absolute Gasteiger partial charge is 0.318 e. The van der Waals surface area contributed by atoms with Gasteiger partial charge < -0.3 is 4.57 Å². The number of hydrazone groups is 1. The number of hydrogen-bond acceptors (Lipinski definition) is 6. The molecule has 0 unspecified atom stereocenters. The number of nitrogens with zero attached hydrogens (tertiary/aromatic N) is 4. The van der Waals surface area contributed by atoms with E-state index >= 15 is 0 Å². The van der Waals surface area contributed by atoms with Crippen molar-refractivity contribution < 1.29 is 21.6 Å². The molecule has 2 heterocycles. The van der Waals surface area contributed by atoms with Crippen LogP contribution >= 0.6 is 0 Å². The van der Waals surface area contributed by atoms with Gasteiger partial charge >= 0.3 is 0 Å². The SMILES string of the molecule is Cc1ccc(-n2c(C)cc(/C=N\NC(=O)[C@@H]3CN(S(=O)(=O)c4ccccc4)CCN3S(=O)(=O)c3ccccc3)c2C)cc1. The van der Waals surface area contributed by atoms with Gasteiger partial charge in [0.2, 0.25) is 20.0 Å². The molecule has 1 amide bonds. The van der Waals surface area contributed by atoms with Crippen LogP contribution in [0.3, 0.4) is 0 Å². The third kappa shape index (κ3) is 6.18. The Labute approximate surface area is 252 Å². The van der Waals surface area contributed by atoms with Crippen molar-refractivity contribution in [2.75, 3.05) is 19.6 Å². The van der Waals surface area contributed by atoms with Crippen molar-refractivity contribution >= 4 is 32.2 Å². The summed E-state index contributed by atoms with van der Waals surface area (Å²) >= 11 is 0. The highest BCUT2D eigenvalue weighted by Gasteiger charge is 2.43. The molecular weight excluding hydrogens is 587 g/mol. The molecule has 10 nitrogen and oxygen atoms in total. The number of rotatable bonds is 8. The zero-order chi connectivity index (χ0) is 30.8. The van der Waals surface area contributed by atoms with Crippen LogP contribution in [0.5, 0.6) is 0 Å². The van der Waals surface area contributed by atoms with Crippen LogP contribution in [0, 0.1) is 20.8 Å². The van der Waals surface area contributed by atoms with Crippen molar-refractivity contribution in [3.8, 4) is 5.69 Å². The molecule has 0 aliphatic carbocycles. The van der Waals surface area contributed by atoms with Crippen LogP contribution in [-0.2, 0) is 24.8 Å². The van der Waals surface area contributed by atoms with Crippen molar-refractivity contribution in [3.05, 3.63) is 114 Å². The number of hydrogen-bond donors (Lipinski definition) is 1. The molecule has 1 aliphatic heterocycles. The number of amides is 1. The summed E-state index contributed by atoms with van der Waals surface area (Å²) in [5.74, 6) is -0.740. The maximum absolute atomic E-state index is 13.6. The van der Waals surface area contributed by atoms with Gasteiger partial charge in [0.1, 0.15) is 6.04 Å². The predicted molar refractivity (Wildman–Crippen MR) is 165 cm³/mol. The molecule has 1 atom stereocenters. The minimum absolute atomic E-state index is 0.0132. The molecule has 12 heteroatoms. The fourth-order valence-electron chi connectivity index (χ4n) is 5.18. The Kier molecular flexibility index (Phi) is 8.65. The molecule has 1 N–H and O–H groups in total. The van der Waals surface area contributed by atoms with Crippen LogP contribution in [0.15, 0.2) is 106 Å². The maximum Gasteiger partial charge on any atom is 0.259 e. The topological polar surface area (TPSA) is 121 Å². The number of aryl methyl sites for hydroxylation is 2. The smallest absolute Gasteiger partial charge is 0.259 e. The first-order chi connectivity index (χ1) is 20.5. The molecule has 1 saturated heterocycles. The van der Waals surface area contributed by atoms with Crippen LogP contribution in [0.2, 0.25) is 0 Å². The van der Waals surface area contributed by atoms with E-state index in [0.29, 0.717) is 0 Å². The molecule has 3 aromatic carbocycles. The fourth-order valence-corrected chi connectivity index (χ4v) is 8.23. The lowest BCUT2D eigenvalue weighted by Gasteiger charge is -2.38. The van der Waals surface area contributed by atoms with E-state index < -0.39 is 32.0 Å². The van der Waals surface area contributed by atoms with Gasteiger partial charge in [-0.3, -0.25) is 4.79 Å². The lowest BCUT2D eigenvalue weighted by atomic mass is 10.2. The zero-order valence-electron chi connectivity index (χ0n) is 24.1. The van der Waals surface area contributed by atoms with Crippen LogP contribution in [0.25, 0.3) is 5.69 Å². The molecule has 1 aliphatic rings. The van der Waals surface area contributed by atoms with Gasteiger partial charge in [0.25, 0.3) is 5.91 Å². The average Bonchev–Trinajstić information content (AvgIpc) is 3.30. The third-order valence-electron chi connectivity index (χ3n) is 7.47. The van der Waals surface area contributed by atoms with Gasteiger partial charge in [-0.2, -0.15) is 13.7 Å². The molecular formula is C31H33N5O5S2. The molecule has 1 fully saturated rings. The second-order valence-electron chi connectivity index (χ2n) is 10.4. The molecule has 5 rings (SSSR count).